The highest BCUT2D eigenvalue weighted by Crippen LogP contribution is 2.45. The summed E-state index contributed by atoms with van der Waals surface area (Å²) in [6.45, 7) is 2.89. The molecule has 0 atom stereocenters. The monoisotopic (exact) mass is 271 g/mol. The summed E-state index contributed by atoms with van der Waals surface area (Å²) in [5.74, 6) is 1.55. The highest BCUT2D eigenvalue weighted by atomic mass is 79.9. The topological polar surface area (TPSA) is 58.0 Å². The van der Waals surface area contributed by atoms with Crippen LogP contribution < -0.4 is 5.32 Å². The first-order valence-corrected chi connectivity index (χ1v) is 5.78. The van der Waals surface area contributed by atoms with E-state index in [0.717, 1.165) is 35.5 Å². The zero-order valence-electron chi connectivity index (χ0n) is 8.63. The molecule has 82 valence electrons. The van der Waals surface area contributed by atoms with Gasteiger partial charge in [0.25, 0.3) is 0 Å². The number of rotatable bonds is 4. The Bertz CT molecular complexity index is 366. The molecule has 1 aliphatic rings. The van der Waals surface area contributed by atoms with Crippen molar-refractivity contribution in [1.29, 1.82) is 0 Å². The van der Waals surface area contributed by atoms with Gasteiger partial charge in [0.1, 0.15) is 11.6 Å². The van der Waals surface area contributed by atoms with E-state index in [1.54, 1.807) is 6.20 Å². The van der Waals surface area contributed by atoms with E-state index in [9.17, 15) is 5.11 Å². The van der Waals surface area contributed by atoms with Crippen molar-refractivity contribution in [1.82, 2.24) is 9.97 Å². The number of nitrogens with one attached hydrogen (secondary N) is 1. The van der Waals surface area contributed by atoms with E-state index in [2.05, 4.69) is 31.2 Å². The van der Waals surface area contributed by atoms with Crippen LogP contribution in [0.2, 0.25) is 0 Å². The van der Waals surface area contributed by atoms with Gasteiger partial charge in [-0.3, -0.25) is 0 Å². The van der Waals surface area contributed by atoms with Crippen molar-refractivity contribution in [2.24, 2.45) is 5.41 Å². The van der Waals surface area contributed by atoms with Gasteiger partial charge in [0, 0.05) is 18.2 Å². The average Bonchev–Trinajstić information content (AvgIpc) is 3.00. The first-order chi connectivity index (χ1) is 7.15. The quantitative estimate of drug-likeness (QED) is 0.876. The smallest absolute Gasteiger partial charge is 0.144 e. The van der Waals surface area contributed by atoms with Gasteiger partial charge in [-0.2, -0.15) is 0 Å². The molecule has 0 amide bonds. The van der Waals surface area contributed by atoms with Crippen LogP contribution in [0.3, 0.4) is 0 Å². The maximum absolute atomic E-state index is 9.17. The molecule has 2 N–H and O–H groups in total. The molecule has 0 spiro atoms. The van der Waals surface area contributed by atoms with Gasteiger partial charge in [0.05, 0.1) is 11.1 Å². The van der Waals surface area contributed by atoms with Gasteiger partial charge in [-0.25, -0.2) is 9.97 Å². The van der Waals surface area contributed by atoms with Crippen LogP contribution in [-0.4, -0.2) is 28.2 Å². The van der Waals surface area contributed by atoms with E-state index in [1.165, 1.54) is 0 Å². The molecule has 2 rings (SSSR count). The van der Waals surface area contributed by atoms with Crippen molar-refractivity contribution < 1.29 is 5.11 Å². The number of aromatic nitrogens is 2. The molecule has 0 saturated heterocycles. The average molecular weight is 272 g/mol. The molecule has 0 aliphatic heterocycles. The lowest BCUT2D eigenvalue weighted by atomic mass is 10.1. The highest BCUT2D eigenvalue weighted by molar-refractivity contribution is 9.10. The molecular weight excluding hydrogens is 258 g/mol. The predicted molar refractivity (Wildman–Crippen MR) is 61.7 cm³/mol. The highest BCUT2D eigenvalue weighted by Gasteiger charge is 2.41. The van der Waals surface area contributed by atoms with Gasteiger partial charge in [0.15, 0.2) is 0 Å². The van der Waals surface area contributed by atoms with E-state index in [-0.39, 0.29) is 12.0 Å². The number of nitrogens with zero attached hydrogens (tertiary/aromatic N) is 2. The zero-order chi connectivity index (χ0) is 10.9. The Labute approximate surface area is 97.3 Å². The summed E-state index contributed by atoms with van der Waals surface area (Å²) in [6, 6.07) is 0. The van der Waals surface area contributed by atoms with Crippen LogP contribution in [0.25, 0.3) is 0 Å². The van der Waals surface area contributed by atoms with Gasteiger partial charge in [-0.15, -0.1) is 0 Å². The minimum atomic E-state index is 0.0955. The molecule has 15 heavy (non-hydrogen) atoms. The van der Waals surface area contributed by atoms with E-state index in [0.29, 0.717) is 0 Å². The fraction of sp³-hybridized carbons (Fsp3) is 0.600. The Morgan fingerprint density at radius 2 is 2.33 bits per heavy atom. The summed E-state index contributed by atoms with van der Waals surface area (Å²) >= 11 is 3.39. The Morgan fingerprint density at radius 3 is 2.93 bits per heavy atom. The van der Waals surface area contributed by atoms with E-state index in [1.807, 2.05) is 6.92 Å². The third-order valence-corrected chi connectivity index (χ3v) is 3.37. The fourth-order valence-corrected chi connectivity index (χ4v) is 1.75. The molecule has 1 fully saturated rings. The number of anilines is 1. The first-order valence-electron chi connectivity index (χ1n) is 4.99. The molecule has 1 aromatic heterocycles. The van der Waals surface area contributed by atoms with Crippen LogP contribution in [0.1, 0.15) is 18.7 Å². The molecule has 1 aromatic rings. The third-order valence-electron chi connectivity index (χ3n) is 2.79. The number of hydrogen-bond acceptors (Lipinski definition) is 4. The molecule has 0 bridgehead atoms. The normalized spacial score (nSPS) is 17.5. The van der Waals surface area contributed by atoms with Crippen molar-refractivity contribution in [3.63, 3.8) is 0 Å². The van der Waals surface area contributed by atoms with Crippen molar-refractivity contribution in [3.8, 4) is 0 Å². The molecule has 5 heteroatoms. The lowest BCUT2D eigenvalue weighted by molar-refractivity contribution is 0.219. The predicted octanol–water partition coefficient (Wildman–Crippen LogP) is 1.73. The third kappa shape index (κ3) is 2.46. The van der Waals surface area contributed by atoms with Gasteiger partial charge < -0.3 is 10.4 Å². The lowest BCUT2D eigenvalue weighted by Crippen LogP contribution is -2.20. The second kappa shape index (κ2) is 4.06. The second-order valence-electron chi connectivity index (χ2n) is 4.13. The molecular formula is C10H14BrN3O. The minimum Gasteiger partial charge on any atom is -0.396 e. The molecule has 4 nitrogen and oxygen atoms in total. The summed E-state index contributed by atoms with van der Waals surface area (Å²) in [7, 11) is 0. The van der Waals surface area contributed by atoms with Crippen molar-refractivity contribution in [3.05, 3.63) is 16.5 Å². The second-order valence-corrected chi connectivity index (χ2v) is 4.98. The van der Waals surface area contributed by atoms with Gasteiger partial charge in [-0.05, 0) is 35.7 Å². The summed E-state index contributed by atoms with van der Waals surface area (Å²) in [6.07, 6.45) is 3.93. The molecule has 1 aliphatic carbocycles. The van der Waals surface area contributed by atoms with E-state index < -0.39 is 0 Å². The van der Waals surface area contributed by atoms with Crippen molar-refractivity contribution >= 4 is 21.7 Å². The number of halogens is 1. The summed E-state index contributed by atoms with van der Waals surface area (Å²) in [4.78, 5) is 8.36. The Kier molecular flexibility index (Phi) is 2.93. The summed E-state index contributed by atoms with van der Waals surface area (Å²) in [5, 5.41) is 12.4. The van der Waals surface area contributed by atoms with Gasteiger partial charge in [0.2, 0.25) is 0 Å². The molecule has 0 aromatic carbocycles. The van der Waals surface area contributed by atoms with Crippen LogP contribution in [0.5, 0.6) is 0 Å². The standard InChI is InChI=1S/C10H14BrN3O/c1-7-12-4-8(11)9(14-7)13-5-10(6-15)2-3-10/h4,15H,2-3,5-6H2,1H3,(H,12,13,14). The number of aryl methyl sites for hydroxylation is 1. The number of hydrogen-bond donors (Lipinski definition) is 2. The largest absolute Gasteiger partial charge is 0.396 e. The summed E-state index contributed by atoms with van der Waals surface area (Å²) in [5.41, 5.74) is 0.0955. The van der Waals surface area contributed by atoms with Crippen LogP contribution in [0.15, 0.2) is 10.7 Å². The first kappa shape index (κ1) is 10.8. The van der Waals surface area contributed by atoms with Crippen molar-refractivity contribution in [2.75, 3.05) is 18.5 Å². The van der Waals surface area contributed by atoms with Crippen molar-refractivity contribution in [2.45, 2.75) is 19.8 Å². The van der Waals surface area contributed by atoms with E-state index in [4.69, 9.17) is 0 Å². The Balaban J connectivity index is 2.01. The molecule has 0 radical (unpaired) electrons. The minimum absolute atomic E-state index is 0.0955. The maximum atomic E-state index is 9.17. The number of aliphatic hydroxyl groups is 1. The molecule has 1 saturated carbocycles. The van der Waals surface area contributed by atoms with Crippen LogP contribution >= 0.6 is 15.9 Å². The van der Waals surface area contributed by atoms with Crippen LogP contribution in [0, 0.1) is 12.3 Å². The molecule has 1 heterocycles. The van der Waals surface area contributed by atoms with Crippen LogP contribution in [0.4, 0.5) is 5.82 Å². The SMILES string of the molecule is Cc1ncc(Br)c(NCC2(CO)CC2)n1. The molecule has 0 unspecified atom stereocenters. The fourth-order valence-electron chi connectivity index (χ4n) is 1.42. The lowest BCUT2D eigenvalue weighted by Gasteiger charge is -2.14. The Morgan fingerprint density at radius 1 is 1.60 bits per heavy atom. The number of aliphatic hydroxyl groups excluding tert-OH is 1. The van der Waals surface area contributed by atoms with Gasteiger partial charge in [-0.1, -0.05) is 0 Å². The van der Waals surface area contributed by atoms with Crippen LogP contribution in [-0.2, 0) is 0 Å². The van der Waals surface area contributed by atoms with Gasteiger partial charge >= 0.3 is 0 Å². The Hall–Kier alpha value is -0.680. The van der Waals surface area contributed by atoms with E-state index >= 15 is 0 Å². The summed E-state index contributed by atoms with van der Waals surface area (Å²) < 4.78 is 0.863. The zero-order valence-corrected chi connectivity index (χ0v) is 10.2. The maximum Gasteiger partial charge on any atom is 0.144 e.